The second kappa shape index (κ2) is 5.63. The second-order valence-electron chi connectivity index (χ2n) is 3.89. The first-order valence-corrected chi connectivity index (χ1v) is 5.98. The monoisotopic (exact) mass is 234 g/mol. The zero-order valence-corrected chi connectivity index (χ0v) is 10.3. The zero-order valence-electron chi connectivity index (χ0n) is 10.3. The molecule has 5 heteroatoms. The van der Waals surface area contributed by atoms with Crippen LogP contribution in [-0.2, 0) is 19.5 Å². The molecular weight excluding hydrogens is 216 g/mol. The molecule has 5 nitrogen and oxygen atoms in total. The SMILES string of the molecule is CCNCc1cc(Cn2ccnc2CC)on1. The lowest BCUT2D eigenvalue weighted by molar-refractivity contribution is 0.368. The lowest BCUT2D eigenvalue weighted by atomic mass is 10.3. The topological polar surface area (TPSA) is 55.9 Å². The maximum atomic E-state index is 5.30. The molecule has 0 aromatic carbocycles. The van der Waals surface area contributed by atoms with Crippen LogP contribution in [0, 0.1) is 0 Å². The number of nitrogens with zero attached hydrogens (tertiary/aromatic N) is 3. The Hall–Kier alpha value is -1.62. The van der Waals surface area contributed by atoms with Gasteiger partial charge in [-0.1, -0.05) is 19.0 Å². The molecule has 0 bridgehead atoms. The molecule has 2 aromatic heterocycles. The van der Waals surface area contributed by atoms with Crippen molar-refractivity contribution in [3.8, 4) is 0 Å². The Kier molecular flexibility index (Phi) is 3.93. The fourth-order valence-electron chi connectivity index (χ4n) is 1.73. The normalized spacial score (nSPS) is 10.9. The first kappa shape index (κ1) is 11.9. The van der Waals surface area contributed by atoms with E-state index < -0.39 is 0 Å². The van der Waals surface area contributed by atoms with Crippen LogP contribution >= 0.6 is 0 Å². The van der Waals surface area contributed by atoms with Crippen LogP contribution in [-0.4, -0.2) is 21.3 Å². The van der Waals surface area contributed by atoms with Gasteiger partial charge in [-0.05, 0) is 6.54 Å². The molecule has 2 heterocycles. The van der Waals surface area contributed by atoms with E-state index >= 15 is 0 Å². The van der Waals surface area contributed by atoms with Gasteiger partial charge in [0.25, 0.3) is 0 Å². The largest absolute Gasteiger partial charge is 0.359 e. The van der Waals surface area contributed by atoms with Gasteiger partial charge in [-0.2, -0.15) is 0 Å². The Bertz CT molecular complexity index is 461. The summed E-state index contributed by atoms with van der Waals surface area (Å²) in [6, 6.07) is 1.99. The van der Waals surface area contributed by atoms with E-state index in [-0.39, 0.29) is 0 Å². The number of nitrogens with one attached hydrogen (secondary N) is 1. The van der Waals surface area contributed by atoms with Gasteiger partial charge in [0.1, 0.15) is 5.82 Å². The number of hydrogen-bond acceptors (Lipinski definition) is 4. The Morgan fingerprint density at radius 1 is 1.41 bits per heavy atom. The Labute approximate surface area is 101 Å². The zero-order chi connectivity index (χ0) is 12.1. The minimum Gasteiger partial charge on any atom is -0.359 e. The fourth-order valence-corrected chi connectivity index (χ4v) is 1.73. The van der Waals surface area contributed by atoms with Crippen molar-refractivity contribution in [3.63, 3.8) is 0 Å². The third kappa shape index (κ3) is 2.94. The highest BCUT2D eigenvalue weighted by Gasteiger charge is 2.06. The summed E-state index contributed by atoms with van der Waals surface area (Å²) in [4.78, 5) is 4.28. The highest BCUT2D eigenvalue weighted by molar-refractivity contribution is 5.07. The van der Waals surface area contributed by atoms with Crippen LogP contribution in [0.15, 0.2) is 23.0 Å². The van der Waals surface area contributed by atoms with Gasteiger partial charge in [0.05, 0.1) is 12.2 Å². The van der Waals surface area contributed by atoms with E-state index in [0.29, 0.717) is 6.54 Å². The Balaban J connectivity index is 2.01. The van der Waals surface area contributed by atoms with Gasteiger partial charge >= 0.3 is 0 Å². The summed E-state index contributed by atoms with van der Waals surface area (Å²) in [6.07, 6.45) is 4.70. The van der Waals surface area contributed by atoms with E-state index in [9.17, 15) is 0 Å². The van der Waals surface area contributed by atoms with Crippen LogP contribution in [0.5, 0.6) is 0 Å². The smallest absolute Gasteiger partial charge is 0.156 e. The predicted molar refractivity (Wildman–Crippen MR) is 64.6 cm³/mol. The summed E-state index contributed by atoms with van der Waals surface area (Å²) in [7, 11) is 0. The van der Waals surface area contributed by atoms with Gasteiger partial charge in [-0.25, -0.2) is 4.98 Å². The standard InChI is InChI=1S/C12H18N4O/c1-3-12-14-5-6-16(12)9-11-7-10(15-17-11)8-13-4-2/h5-7,13H,3-4,8-9H2,1-2H3. The third-order valence-corrected chi connectivity index (χ3v) is 2.61. The van der Waals surface area contributed by atoms with Crippen LogP contribution in [0.4, 0.5) is 0 Å². The average molecular weight is 234 g/mol. The number of hydrogen-bond donors (Lipinski definition) is 1. The van der Waals surface area contributed by atoms with Gasteiger partial charge in [0, 0.05) is 31.4 Å². The molecule has 92 valence electrons. The van der Waals surface area contributed by atoms with E-state index in [2.05, 4.69) is 33.9 Å². The molecule has 0 aliphatic carbocycles. The maximum absolute atomic E-state index is 5.30. The van der Waals surface area contributed by atoms with Gasteiger partial charge in [0.15, 0.2) is 5.76 Å². The molecule has 17 heavy (non-hydrogen) atoms. The molecule has 0 fully saturated rings. The highest BCUT2D eigenvalue weighted by atomic mass is 16.5. The molecule has 1 N–H and O–H groups in total. The third-order valence-electron chi connectivity index (χ3n) is 2.61. The second-order valence-corrected chi connectivity index (χ2v) is 3.89. The van der Waals surface area contributed by atoms with Crippen LogP contribution in [0.25, 0.3) is 0 Å². The lowest BCUT2D eigenvalue weighted by Crippen LogP contribution is -2.11. The molecule has 0 atom stereocenters. The van der Waals surface area contributed by atoms with Crippen molar-refractivity contribution in [3.05, 3.63) is 35.7 Å². The molecule has 0 spiro atoms. The molecule has 0 saturated carbocycles. The van der Waals surface area contributed by atoms with Crippen molar-refractivity contribution >= 4 is 0 Å². The quantitative estimate of drug-likeness (QED) is 0.824. The molecule has 0 saturated heterocycles. The minimum atomic E-state index is 0.697. The Morgan fingerprint density at radius 3 is 3.06 bits per heavy atom. The van der Waals surface area contributed by atoms with E-state index in [1.807, 2.05) is 18.5 Å². The van der Waals surface area contributed by atoms with Gasteiger partial charge < -0.3 is 14.4 Å². The molecular formula is C12H18N4O. The first-order valence-electron chi connectivity index (χ1n) is 5.98. The molecule has 0 aliphatic rings. The number of aromatic nitrogens is 3. The van der Waals surface area contributed by atoms with E-state index in [1.165, 1.54) is 0 Å². The van der Waals surface area contributed by atoms with E-state index in [4.69, 9.17) is 4.52 Å². The minimum absolute atomic E-state index is 0.697. The van der Waals surface area contributed by atoms with E-state index in [1.54, 1.807) is 0 Å². The van der Waals surface area contributed by atoms with Crippen LogP contribution in [0.2, 0.25) is 0 Å². The first-order chi connectivity index (χ1) is 8.33. The summed E-state index contributed by atoms with van der Waals surface area (Å²) in [5, 5.41) is 7.24. The molecule has 0 radical (unpaired) electrons. The van der Waals surface area contributed by atoms with Gasteiger partial charge in [0.2, 0.25) is 0 Å². The predicted octanol–water partition coefficient (Wildman–Crippen LogP) is 1.59. The fraction of sp³-hybridized carbons (Fsp3) is 0.500. The van der Waals surface area contributed by atoms with Gasteiger partial charge in [-0.15, -0.1) is 0 Å². The van der Waals surface area contributed by atoms with Crippen LogP contribution < -0.4 is 5.32 Å². The number of aryl methyl sites for hydroxylation is 1. The molecule has 2 aromatic rings. The van der Waals surface area contributed by atoms with Crippen molar-refractivity contribution in [2.24, 2.45) is 0 Å². The summed E-state index contributed by atoms with van der Waals surface area (Å²) in [5.74, 6) is 1.93. The molecule has 2 rings (SSSR count). The van der Waals surface area contributed by atoms with Crippen molar-refractivity contribution in [2.75, 3.05) is 6.54 Å². The Morgan fingerprint density at radius 2 is 2.29 bits per heavy atom. The summed E-state index contributed by atoms with van der Waals surface area (Å²) in [6.45, 7) is 6.55. The highest BCUT2D eigenvalue weighted by Crippen LogP contribution is 2.08. The summed E-state index contributed by atoms with van der Waals surface area (Å²) < 4.78 is 7.38. The van der Waals surface area contributed by atoms with Crippen molar-refractivity contribution in [1.82, 2.24) is 20.0 Å². The van der Waals surface area contributed by atoms with E-state index in [0.717, 1.165) is 36.8 Å². The lowest BCUT2D eigenvalue weighted by Gasteiger charge is -2.02. The number of imidazole rings is 1. The molecule has 0 unspecified atom stereocenters. The van der Waals surface area contributed by atoms with Crippen LogP contribution in [0.3, 0.4) is 0 Å². The maximum Gasteiger partial charge on any atom is 0.156 e. The molecule has 0 amide bonds. The summed E-state index contributed by atoms with van der Waals surface area (Å²) in [5.41, 5.74) is 0.944. The van der Waals surface area contributed by atoms with Crippen LogP contribution in [0.1, 0.15) is 31.1 Å². The van der Waals surface area contributed by atoms with Crippen molar-refractivity contribution in [2.45, 2.75) is 33.4 Å². The van der Waals surface area contributed by atoms with Crippen molar-refractivity contribution < 1.29 is 4.52 Å². The van der Waals surface area contributed by atoms with Crippen molar-refractivity contribution in [1.29, 1.82) is 0 Å². The summed E-state index contributed by atoms with van der Waals surface area (Å²) >= 11 is 0. The number of rotatable bonds is 6. The van der Waals surface area contributed by atoms with Gasteiger partial charge in [-0.3, -0.25) is 0 Å². The molecule has 0 aliphatic heterocycles. The average Bonchev–Trinajstić information content (AvgIpc) is 2.96.